The third-order valence-electron chi connectivity index (χ3n) is 1.88. The van der Waals surface area contributed by atoms with Crippen molar-refractivity contribution in [1.82, 2.24) is 0 Å². The normalized spacial score (nSPS) is 12.2. The van der Waals surface area contributed by atoms with Crippen molar-refractivity contribution in [3.63, 3.8) is 0 Å². The molecule has 1 aromatic carbocycles. The van der Waals surface area contributed by atoms with E-state index in [1.165, 1.54) is 19.1 Å². The van der Waals surface area contributed by atoms with E-state index in [9.17, 15) is 9.59 Å². The van der Waals surface area contributed by atoms with Gasteiger partial charge in [-0.3, -0.25) is 4.79 Å². The summed E-state index contributed by atoms with van der Waals surface area (Å²) in [6.07, 6.45) is 0. The number of carboxylic acid groups (broad SMARTS) is 1. The molecule has 1 unspecified atom stereocenters. The summed E-state index contributed by atoms with van der Waals surface area (Å²) in [6, 6.07) is 4.42. The number of halogens is 2. The Kier molecular flexibility index (Phi) is 3.88. The van der Waals surface area contributed by atoms with E-state index in [-0.39, 0.29) is 11.3 Å². The molecule has 1 rings (SSSR count). The quantitative estimate of drug-likeness (QED) is 0.871. The van der Waals surface area contributed by atoms with Crippen molar-refractivity contribution in [2.24, 2.45) is 0 Å². The molecule has 0 heterocycles. The van der Waals surface area contributed by atoms with E-state index in [0.717, 1.165) is 0 Å². The second-order valence-corrected chi connectivity index (χ2v) is 4.36. The minimum atomic E-state index is -1.10. The number of ketones is 1. The lowest BCUT2D eigenvalue weighted by atomic mass is 10.0. The van der Waals surface area contributed by atoms with E-state index in [2.05, 4.69) is 15.9 Å². The molecule has 0 aromatic heterocycles. The molecular formula is C10H8BrClO3. The first kappa shape index (κ1) is 12.2. The molecule has 0 saturated heterocycles. The van der Waals surface area contributed by atoms with Gasteiger partial charge >= 0.3 is 5.97 Å². The monoisotopic (exact) mass is 290 g/mol. The number of benzene rings is 1. The first-order valence-corrected chi connectivity index (χ1v) is 5.40. The Labute approximate surface area is 100 Å². The minimum absolute atomic E-state index is 0.0413. The number of carbonyl (C=O) groups excluding carboxylic acids is 1. The van der Waals surface area contributed by atoms with Crippen molar-refractivity contribution in [3.8, 4) is 0 Å². The Morgan fingerprint density at radius 2 is 2.07 bits per heavy atom. The molecule has 0 radical (unpaired) electrons. The van der Waals surface area contributed by atoms with Gasteiger partial charge in [-0.1, -0.05) is 33.6 Å². The maximum atomic E-state index is 11.1. The van der Waals surface area contributed by atoms with Crippen LogP contribution in [0.5, 0.6) is 0 Å². The lowest BCUT2D eigenvalue weighted by molar-refractivity contribution is -0.116. The highest BCUT2D eigenvalue weighted by Gasteiger charge is 2.20. The van der Waals surface area contributed by atoms with Crippen LogP contribution in [0.2, 0.25) is 5.02 Å². The highest BCUT2D eigenvalue weighted by Crippen LogP contribution is 2.28. The number of rotatable bonds is 3. The lowest BCUT2D eigenvalue weighted by Gasteiger charge is -2.10. The maximum absolute atomic E-state index is 11.1. The molecule has 80 valence electrons. The van der Waals surface area contributed by atoms with Crippen molar-refractivity contribution in [3.05, 3.63) is 34.3 Å². The van der Waals surface area contributed by atoms with Gasteiger partial charge in [-0.2, -0.15) is 0 Å². The zero-order chi connectivity index (χ0) is 11.6. The second kappa shape index (κ2) is 4.77. The molecule has 0 amide bonds. The van der Waals surface area contributed by atoms with Crippen LogP contribution in [0.15, 0.2) is 18.2 Å². The number of Topliss-reactive ketones (excluding diaryl/α,β-unsaturated/α-hetero) is 1. The summed E-state index contributed by atoms with van der Waals surface area (Å²) in [5.41, 5.74) is 0.457. The van der Waals surface area contributed by atoms with Crippen LogP contribution >= 0.6 is 27.5 Å². The van der Waals surface area contributed by atoms with Gasteiger partial charge in [0, 0.05) is 5.02 Å². The third kappa shape index (κ3) is 2.79. The Morgan fingerprint density at radius 1 is 1.47 bits per heavy atom. The van der Waals surface area contributed by atoms with Gasteiger partial charge in [0.1, 0.15) is 5.78 Å². The van der Waals surface area contributed by atoms with Crippen LogP contribution in [-0.2, 0) is 4.79 Å². The maximum Gasteiger partial charge on any atom is 0.336 e. The molecule has 1 aromatic rings. The number of aromatic carboxylic acids is 1. The molecule has 1 N–H and O–H groups in total. The molecule has 1 atom stereocenters. The van der Waals surface area contributed by atoms with Crippen LogP contribution < -0.4 is 0 Å². The Balaban J connectivity index is 3.28. The van der Waals surface area contributed by atoms with Crippen LogP contribution in [0.3, 0.4) is 0 Å². The minimum Gasteiger partial charge on any atom is -0.478 e. The molecule has 0 bridgehead atoms. The topological polar surface area (TPSA) is 54.4 Å². The summed E-state index contributed by atoms with van der Waals surface area (Å²) in [7, 11) is 0. The molecule has 0 saturated carbocycles. The van der Waals surface area contributed by atoms with Crippen molar-refractivity contribution in [1.29, 1.82) is 0 Å². The van der Waals surface area contributed by atoms with Crippen LogP contribution in [-0.4, -0.2) is 16.9 Å². The average Bonchev–Trinajstić information content (AvgIpc) is 2.16. The van der Waals surface area contributed by atoms with E-state index in [0.29, 0.717) is 10.6 Å². The third-order valence-corrected chi connectivity index (χ3v) is 3.25. The van der Waals surface area contributed by atoms with Gasteiger partial charge in [-0.25, -0.2) is 4.79 Å². The molecule has 0 aliphatic carbocycles. The zero-order valence-electron chi connectivity index (χ0n) is 7.83. The molecule has 0 aliphatic rings. The molecule has 15 heavy (non-hydrogen) atoms. The van der Waals surface area contributed by atoms with Crippen molar-refractivity contribution >= 4 is 39.3 Å². The number of alkyl halides is 1. The van der Waals surface area contributed by atoms with Crippen molar-refractivity contribution < 1.29 is 14.7 Å². The predicted molar refractivity (Wildman–Crippen MR) is 60.8 cm³/mol. The van der Waals surface area contributed by atoms with Gasteiger partial charge < -0.3 is 5.11 Å². The molecule has 3 nitrogen and oxygen atoms in total. The smallest absolute Gasteiger partial charge is 0.336 e. The largest absolute Gasteiger partial charge is 0.478 e. The van der Waals surface area contributed by atoms with E-state index in [1.807, 2.05) is 0 Å². The van der Waals surface area contributed by atoms with E-state index < -0.39 is 10.8 Å². The van der Waals surface area contributed by atoms with E-state index in [1.54, 1.807) is 6.07 Å². The second-order valence-electron chi connectivity index (χ2n) is 3.01. The highest BCUT2D eigenvalue weighted by molar-refractivity contribution is 9.09. The van der Waals surface area contributed by atoms with Crippen LogP contribution in [0.4, 0.5) is 0 Å². The number of carboxylic acids is 1. The number of hydrogen-bond acceptors (Lipinski definition) is 2. The SMILES string of the molecule is CC(=O)C(Br)c1ccc(Cl)cc1C(=O)O. The molecular weight excluding hydrogens is 283 g/mol. The van der Waals surface area contributed by atoms with Gasteiger partial charge in [-0.05, 0) is 24.6 Å². The summed E-state index contributed by atoms with van der Waals surface area (Å²) >= 11 is 8.82. The number of carbonyl (C=O) groups is 2. The summed E-state index contributed by atoms with van der Waals surface area (Å²) < 4.78 is 0. The molecule has 0 aliphatic heterocycles. The zero-order valence-corrected chi connectivity index (χ0v) is 10.2. The highest BCUT2D eigenvalue weighted by atomic mass is 79.9. The summed E-state index contributed by atoms with van der Waals surface area (Å²) in [6.45, 7) is 1.39. The van der Waals surface area contributed by atoms with Gasteiger partial charge in [0.25, 0.3) is 0 Å². The van der Waals surface area contributed by atoms with Gasteiger partial charge in [-0.15, -0.1) is 0 Å². The van der Waals surface area contributed by atoms with Crippen molar-refractivity contribution in [2.75, 3.05) is 0 Å². The Hall–Kier alpha value is -0.870. The van der Waals surface area contributed by atoms with E-state index in [4.69, 9.17) is 16.7 Å². The summed E-state index contributed by atoms with van der Waals surface area (Å²) in [5, 5.41) is 9.26. The average molecular weight is 292 g/mol. The molecule has 0 spiro atoms. The van der Waals surface area contributed by atoms with Crippen LogP contribution in [0.1, 0.15) is 27.7 Å². The fraction of sp³-hybridized carbons (Fsp3) is 0.200. The standard InChI is InChI=1S/C10H8BrClO3/c1-5(13)9(11)7-3-2-6(12)4-8(7)10(14)15/h2-4,9H,1H3,(H,14,15). The molecule has 5 heteroatoms. The number of hydrogen-bond donors (Lipinski definition) is 1. The fourth-order valence-electron chi connectivity index (χ4n) is 1.15. The van der Waals surface area contributed by atoms with E-state index >= 15 is 0 Å². The van der Waals surface area contributed by atoms with Gasteiger partial charge in [0.05, 0.1) is 10.4 Å². The first-order valence-electron chi connectivity index (χ1n) is 4.10. The summed E-state index contributed by atoms with van der Waals surface area (Å²) in [4.78, 5) is 21.4. The predicted octanol–water partition coefficient (Wildman–Crippen LogP) is 3.06. The first-order chi connectivity index (χ1) is 6.93. The Bertz CT molecular complexity index is 417. The lowest BCUT2D eigenvalue weighted by Crippen LogP contribution is -2.08. The molecule has 0 fully saturated rings. The van der Waals surface area contributed by atoms with Crippen molar-refractivity contribution in [2.45, 2.75) is 11.8 Å². The summed E-state index contributed by atoms with van der Waals surface area (Å²) in [5.74, 6) is -1.25. The van der Waals surface area contributed by atoms with Gasteiger partial charge in [0.2, 0.25) is 0 Å². The Morgan fingerprint density at radius 3 is 2.53 bits per heavy atom. The fourth-order valence-corrected chi connectivity index (χ4v) is 1.73. The van der Waals surface area contributed by atoms with Gasteiger partial charge in [0.15, 0.2) is 0 Å². The van der Waals surface area contributed by atoms with Crippen LogP contribution in [0.25, 0.3) is 0 Å². The van der Waals surface area contributed by atoms with Crippen LogP contribution in [0, 0.1) is 0 Å².